The molecule has 2 N–H and O–H groups in total. The third-order valence-electron chi connectivity index (χ3n) is 5.53. The van der Waals surface area contributed by atoms with Crippen molar-refractivity contribution < 1.29 is 19.1 Å². The molecule has 1 aromatic rings. The van der Waals surface area contributed by atoms with Gasteiger partial charge in [0.1, 0.15) is 17.8 Å². The SMILES string of the molecule is COc1ccc(C)cc1NC(=O)CN1C(=O)NC(C2CC2)(C2CC2)C1=O. The lowest BCUT2D eigenvalue weighted by Gasteiger charge is -2.26. The summed E-state index contributed by atoms with van der Waals surface area (Å²) in [5.41, 5.74) is 0.732. The highest BCUT2D eigenvalue weighted by Crippen LogP contribution is 2.54. The number of methoxy groups -OCH3 is 1. The number of hydrogen-bond donors (Lipinski definition) is 2. The predicted octanol–water partition coefficient (Wildman–Crippen LogP) is 2.05. The minimum atomic E-state index is -0.765. The van der Waals surface area contributed by atoms with Crippen molar-refractivity contribution >= 4 is 23.5 Å². The smallest absolute Gasteiger partial charge is 0.325 e. The van der Waals surface area contributed by atoms with Crippen LogP contribution in [0.1, 0.15) is 31.2 Å². The topological polar surface area (TPSA) is 87.7 Å². The standard InChI is InChI=1S/C19H23N3O4/c1-11-3-8-15(26-2)14(9-11)20-16(23)10-22-17(24)19(12-4-5-12,13-6-7-13)21-18(22)25/h3,8-9,12-13H,4-7,10H2,1-2H3,(H,20,23)(H,21,25). The Kier molecular flexibility index (Phi) is 3.89. The number of carbonyl (C=O) groups is 3. The summed E-state index contributed by atoms with van der Waals surface area (Å²) in [6.07, 6.45) is 3.85. The number of nitrogens with zero attached hydrogens (tertiary/aromatic N) is 1. The van der Waals surface area contributed by atoms with E-state index < -0.39 is 17.5 Å². The second-order valence-corrected chi connectivity index (χ2v) is 7.49. The van der Waals surface area contributed by atoms with Gasteiger partial charge in [-0.2, -0.15) is 0 Å². The number of aryl methyl sites for hydroxylation is 1. The first-order valence-electron chi connectivity index (χ1n) is 9.04. The van der Waals surface area contributed by atoms with E-state index >= 15 is 0 Å². The largest absolute Gasteiger partial charge is 0.495 e. The molecule has 7 heteroatoms. The van der Waals surface area contributed by atoms with Crippen molar-refractivity contribution in [3.05, 3.63) is 23.8 Å². The Labute approximate surface area is 152 Å². The van der Waals surface area contributed by atoms with Crippen molar-refractivity contribution in [2.45, 2.75) is 38.1 Å². The van der Waals surface area contributed by atoms with Crippen molar-refractivity contribution in [2.24, 2.45) is 11.8 Å². The van der Waals surface area contributed by atoms with E-state index in [-0.39, 0.29) is 24.3 Å². The fourth-order valence-electron chi connectivity index (χ4n) is 3.97. The van der Waals surface area contributed by atoms with E-state index in [0.29, 0.717) is 11.4 Å². The van der Waals surface area contributed by atoms with Crippen LogP contribution >= 0.6 is 0 Å². The lowest BCUT2D eigenvalue weighted by molar-refractivity contribution is -0.135. The Balaban J connectivity index is 1.49. The van der Waals surface area contributed by atoms with E-state index in [1.54, 1.807) is 12.1 Å². The van der Waals surface area contributed by atoms with Gasteiger partial charge >= 0.3 is 6.03 Å². The lowest BCUT2D eigenvalue weighted by Crippen LogP contribution is -2.51. The molecule has 26 heavy (non-hydrogen) atoms. The highest BCUT2D eigenvalue weighted by molar-refractivity contribution is 6.11. The molecule has 138 valence electrons. The van der Waals surface area contributed by atoms with Crippen LogP contribution in [-0.4, -0.2) is 41.9 Å². The van der Waals surface area contributed by atoms with Gasteiger partial charge in [0.15, 0.2) is 0 Å². The summed E-state index contributed by atoms with van der Waals surface area (Å²) in [5.74, 6) is 0.317. The maximum atomic E-state index is 13.0. The number of urea groups is 1. The van der Waals surface area contributed by atoms with Crippen LogP contribution in [0, 0.1) is 18.8 Å². The van der Waals surface area contributed by atoms with Crippen LogP contribution in [0.15, 0.2) is 18.2 Å². The average Bonchev–Trinajstić information content (AvgIpc) is 3.49. The van der Waals surface area contributed by atoms with Crippen molar-refractivity contribution in [3.8, 4) is 5.75 Å². The Morgan fingerprint density at radius 3 is 2.50 bits per heavy atom. The summed E-state index contributed by atoms with van der Waals surface area (Å²) in [6.45, 7) is 1.62. The van der Waals surface area contributed by atoms with Gasteiger partial charge in [-0.1, -0.05) is 6.07 Å². The van der Waals surface area contributed by atoms with Crippen LogP contribution < -0.4 is 15.4 Å². The van der Waals surface area contributed by atoms with Crippen LogP contribution in [0.25, 0.3) is 0 Å². The average molecular weight is 357 g/mol. The number of anilines is 1. The molecular weight excluding hydrogens is 334 g/mol. The molecule has 4 rings (SSSR count). The van der Waals surface area contributed by atoms with Gasteiger partial charge in [-0.3, -0.25) is 14.5 Å². The molecule has 0 aromatic heterocycles. The zero-order chi connectivity index (χ0) is 18.5. The molecule has 1 heterocycles. The normalized spacial score (nSPS) is 21.5. The van der Waals surface area contributed by atoms with Gasteiger partial charge < -0.3 is 15.4 Å². The van der Waals surface area contributed by atoms with Crippen LogP contribution in [0.2, 0.25) is 0 Å². The van der Waals surface area contributed by atoms with E-state index in [2.05, 4.69) is 10.6 Å². The highest BCUT2D eigenvalue weighted by Gasteiger charge is 2.65. The summed E-state index contributed by atoms with van der Waals surface area (Å²) >= 11 is 0. The van der Waals surface area contributed by atoms with E-state index in [9.17, 15) is 14.4 Å². The third-order valence-corrected chi connectivity index (χ3v) is 5.53. The molecule has 1 saturated heterocycles. The molecule has 3 fully saturated rings. The van der Waals surface area contributed by atoms with Crippen molar-refractivity contribution in [3.63, 3.8) is 0 Å². The lowest BCUT2D eigenvalue weighted by atomic mass is 9.87. The van der Waals surface area contributed by atoms with Crippen LogP contribution in [-0.2, 0) is 9.59 Å². The highest BCUT2D eigenvalue weighted by atomic mass is 16.5. The fraction of sp³-hybridized carbons (Fsp3) is 0.526. The number of nitrogens with one attached hydrogen (secondary N) is 2. The molecule has 0 atom stereocenters. The Morgan fingerprint density at radius 2 is 1.92 bits per heavy atom. The number of carbonyl (C=O) groups excluding carboxylic acids is 3. The summed E-state index contributed by atoms with van der Waals surface area (Å²) in [4.78, 5) is 39.0. The van der Waals surface area contributed by atoms with Gasteiger partial charge in [-0.05, 0) is 62.1 Å². The minimum Gasteiger partial charge on any atom is -0.495 e. The molecule has 3 aliphatic rings. The van der Waals surface area contributed by atoms with Crippen LogP contribution in [0.4, 0.5) is 10.5 Å². The molecule has 0 unspecified atom stereocenters. The van der Waals surface area contributed by atoms with Gasteiger partial charge in [0.25, 0.3) is 5.91 Å². The zero-order valence-corrected chi connectivity index (χ0v) is 15.0. The molecule has 0 bridgehead atoms. The number of amides is 4. The summed E-state index contributed by atoms with van der Waals surface area (Å²) in [5, 5.41) is 5.67. The molecule has 1 aliphatic heterocycles. The van der Waals surface area contributed by atoms with E-state index in [1.807, 2.05) is 13.0 Å². The Bertz CT molecular complexity index is 771. The second-order valence-electron chi connectivity index (χ2n) is 7.49. The number of rotatable bonds is 6. The molecule has 1 aromatic carbocycles. The molecule has 4 amide bonds. The first-order valence-corrected chi connectivity index (χ1v) is 9.04. The van der Waals surface area contributed by atoms with Crippen molar-refractivity contribution in [1.29, 1.82) is 0 Å². The van der Waals surface area contributed by atoms with Gasteiger partial charge in [0, 0.05) is 0 Å². The number of hydrogen-bond acceptors (Lipinski definition) is 4. The molecule has 2 aliphatic carbocycles. The quantitative estimate of drug-likeness (QED) is 0.763. The van der Waals surface area contributed by atoms with Crippen LogP contribution in [0.3, 0.4) is 0 Å². The number of benzene rings is 1. The second kappa shape index (κ2) is 6.00. The van der Waals surface area contributed by atoms with E-state index in [0.717, 1.165) is 36.1 Å². The fourth-order valence-corrected chi connectivity index (χ4v) is 3.97. The van der Waals surface area contributed by atoms with Gasteiger partial charge in [-0.25, -0.2) is 4.79 Å². The third kappa shape index (κ3) is 2.71. The maximum Gasteiger partial charge on any atom is 0.325 e. The van der Waals surface area contributed by atoms with E-state index in [1.165, 1.54) is 7.11 Å². The van der Waals surface area contributed by atoms with Crippen molar-refractivity contribution in [2.75, 3.05) is 19.0 Å². The first-order chi connectivity index (χ1) is 12.5. The molecule has 7 nitrogen and oxygen atoms in total. The summed E-state index contributed by atoms with van der Waals surface area (Å²) < 4.78 is 5.25. The van der Waals surface area contributed by atoms with Gasteiger partial charge in [0.05, 0.1) is 12.8 Å². The summed E-state index contributed by atoms with van der Waals surface area (Å²) in [7, 11) is 1.53. The molecular formula is C19H23N3O4. The zero-order valence-electron chi connectivity index (χ0n) is 15.0. The predicted molar refractivity (Wildman–Crippen MR) is 94.8 cm³/mol. The van der Waals surface area contributed by atoms with Gasteiger partial charge in [-0.15, -0.1) is 0 Å². The van der Waals surface area contributed by atoms with Gasteiger partial charge in [0.2, 0.25) is 5.91 Å². The summed E-state index contributed by atoms with van der Waals surface area (Å²) in [6, 6.07) is 4.98. The number of imide groups is 1. The molecule has 2 saturated carbocycles. The van der Waals surface area contributed by atoms with Crippen molar-refractivity contribution in [1.82, 2.24) is 10.2 Å². The maximum absolute atomic E-state index is 13.0. The first kappa shape index (κ1) is 16.9. The monoisotopic (exact) mass is 357 g/mol. The Morgan fingerprint density at radius 1 is 1.27 bits per heavy atom. The van der Waals surface area contributed by atoms with E-state index in [4.69, 9.17) is 4.74 Å². The Hall–Kier alpha value is -2.57. The minimum absolute atomic E-state index is 0.219. The van der Waals surface area contributed by atoms with Crippen LogP contribution in [0.5, 0.6) is 5.75 Å². The molecule has 0 radical (unpaired) electrons. The molecule has 0 spiro atoms. The number of ether oxygens (including phenoxy) is 1.